The van der Waals surface area contributed by atoms with Gasteiger partial charge < -0.3 is 0 Å². The van der Waals surface area contributed by atoms with Crippen LogP contribution in [-0.4, -0.2) is 47.7 Å². The van der Waals surface area contributed by atoms with E-state index in [2.05, 4.69) is 0 Å². The summed E-state index contributed by atoms with van der Waals surface area (Å²) in [6, 6.07) is 2.65. The molecule has 9 heteroatoms. The van der Waals surface area contributed by atoms with Crippen LogP contribution in [-0.2, 0) is 27.8 Å². The summed E-state index contributed by atoms with van der Waals surface area (Å²) in [7, 11) is -3.68. The van der Waals surface area contributed by atoms with E-state index in [0.29, 0.717) is 34.5 Å². The lowest BCUT2D eigenvalue weighted by Crippen LogP contribution is -2.45. The van der Waals surface area contributed by atoms with Gasteiger partial charge in [-0.05, 0) is 41.5 Å². The van der Waals surface area contributed by atoms with Gasteiger partial charge in [0.05, 0.1) is 21.8 Å². The van der Waals surface area contributed by atoms with E-state index in [9.17, 15) is 18.4 Å². The maximum Gasteiger partial charge on any atom is 0.233 e. The first-order valence-electron chi connectivity index (χ1n) is 8.30. The van der Waals surface area contributed by atoms with Gasteiger partial charge in [-0.3, -0.25) is 10.0 Å². The van der Waals surface area contributed by atoms with E-state index in [1.807, 2.05) is 20.8 Å². The van der Waals surface area contributed by atoms with Gasteiger partial charge in [0.1, 0.15) is 0 Å². The molecule has 0 saturated heterocycles. The highest BCUT2D eigenvalue weighted by molar-refractivity contribution is 7.89. The van der Waals surface area contributed by atoms with Crippen LogP contribution < -0.4 is 0 Å². The average molecular weight is 423 g/mol. The first kappa shape index (κ1) is 21.4. The van der Waals surface area contributed by atoms with Crippen LogP contribution in [0.15, 0.2) is 12.1 Å². The molecule has 0 bridgehead atoms. The van der Waals surface area contributed by atoms with Crippen LogP contribution in [0.3, 0.4) is 0 Å². The van der Waals surface area contributed by atoms with Crippen LogP contribution in [0.25, 0.3) is 0 Å². The maximum absolute atomic E-state index is 12.9. The van der Waals surface area contributed by atoms with Gasteiger partial charge in [0.15, 0.2) is 0 Å². The lowest BCUT2D eigenvalue weighted by molar-refractivity contribution is -0.160. The quantitative estimate of drug-likeness (QED) is 0.433. The number of hydrogen-bond donors (Lipinski definition) is 1. The van der Waals surface area contributed by atoms with E-state index in [-0.39, 0.29) is 24.1 Å². The Labute approximate surface area is 164 Å². The Hall–Kier alpha value is -0.860. The van der Waals surface area contributed by atoms with Crippen molar-refractivity contribution in [2.45, 2.75) is 46.2 Å². The van der Waals surface area contributed by atoms with Crippen molar-refractivity contribution in [3.8, 4) is 0 Å². The van der Waals surface area contributed by atoms with Crippen molar-refractivity contribution in [1.82, 2.24) is 9.37 Å². The Kier molecular flexibility index (Phi) is 6.62. The summed E-state index contributed by atoms with van der Waals surface area (Å²) in [5, 5.41) is 11.1. The largest absolute Gasteiger partial charge is 0.286 e. The molecule has 1 N–H and O–H groups in total. The Bertz CT molecular complexity index is 778. The number of carbonyl (C=O) groups excluding carboxylic acids is 1. The van der Waals surface area contributed by atoms with Gasteiger partial charge in [0.2, 0.25) is 16.4 Å². The van der Waals surface area contributed by atoms with Gasteiger partial charge in [-0.2, -0.15) is 4.31 Å². The van der Waals surface area contributed by atoms with Crippen LogP contribution in [0.5, 0.6) is 0 Å². The first-order valence-corrected chi connectivity index (χ1v) is 10.7. The second kappa shape index (κ2) is 8.02. The number of benzene rings is 1. The molecule has 1 aliphatic heterocycles. The Morgan fingerprint density at radius 1 is 1.27 bits per heavy atom. The molecule has 1 atom stereocenters. The highest BCUT2D eigenvalue weighted by atomic mass is 35.5. The molecule has 1 unspecified atom stereocenters. The summed E-state index contributed by atoms with van der Waals surface area (Å²) in [6.07, 6.45) is 1.14. The molecule has 0 fully saturated rings. The summed E-state index contributed by atoms with van der Waals surface area (Å²) < 4.78 is 27.1. The molecule has 1 heterocycles. The van der Waals surface area contributed by atoms with Gasteiger partial charge in [-0.1, -0.05) is 44.0 Å². The summed E-state index contributed by atoms with van der Waals surface area (Å²) in [4.78, 5) is 11.0. The minimum atomic E-state index is -3.68. The zero-order valence-electron chi connectivity index (χ0n) is 15.1. The number of carbonyl (C=O) groups is 1. The molecule has 26 heavy (non-hydrogen) atoms. The van der Waals surface area contributed by atoms with Gasteiger partial charge >= 0.3 is 0 Å². The lowest BCUT2D eigenvalue weighted by atomic mass is 9.88. The summed E-state index contributed by atoms with van der Waals surface area (Å²) in [5.41, 5.74) is 1.55. The molecule has 0 radical (unpaired) electrons. The highest BCUT2D eigenvalue weighted by Crippen LogP contribution is 2.31. The van der Waals surface area contributed by atoms with Crippen molar-refractivity contribution < 1.29 is 18.4 Å². The third kappa shape index (κ3) is 5.33. The van der Waals surface area contributed by atoms with Crippen molar-refractivity contribution in [1.29, 1.82) is 0 Å². The fourth-order valence-electron chi connectivity index (χ4n) is 3.13. The zero-order chi connectivity index (χ0) is 19.7. The molecule has 0 saturated carbocycles. The third-order valence-electron chi connectivity index (χ3n) is 4.35. The summed E-state index contributed by atoms with van der Waals surface area (Å²) in [5.74, 6) is -0.337. The maximum atomic E-state index is 12.9. The molecule has 0 aromatic heterocycles. The molecule has 6 nitrogen and oxygen atoms in total. The standard InChI is InChI=1S/C17H24Cl2N2O4S/c1-17(2,3)8-14(21(23)11-22)10-26(24,25)20-5-4-12-6-15(18)16(19)7-13(12)9-20/h6-7,11,14,23H,4-5,8-10H2,1-3H3. The number of hydroxylamine groups is 2. The van der Waals surface area contributed by atoms with E-state index in [0.717, 1.165) is 11.1 Å². The second-order valence-electron chi connectivity index (χ2n) is 7.80. The number of halogens is 2. The fraction of sp³-hybridized carbons (Fsp3) is 0.588. The highest BCUT2D eigenvalue weighted by Gasteiger charge is 2.33. The molecule has 1 amide bonds. The lowest BCUT2D eigenvalue weighted by Gasteiger charge is -2.33. The van der Waals surface area contributed by atoms with E-state index < -0.39 is 16.1 Å². The number of nitrogens with zero attached hydrogens (tertiary/aromatic N) is 2. The number of sulfonamides is 1. The minimum absolute atomic E-state index is 0.198. The van der Waals surface area contributed by atoms with E-state index >= 15 is 0 Å². The van der Waals surface area contributed by atoms with E-state index in [1.165, 1.54) is 4.31 Å². The normalized spacial score (nSPS) is 16.8. The molecular formula is C17H24Cl2N2O4S. The zero-order valence-corrected chi connectivity index (χ0v) is 17.4. The molecular weight excluding hydrogens is 399 g/mol. The number of hydrogen-bond acceptors (Lipinski definition) is 4. The fourth-order valence-corrected chi connectivity index (χ4v) is 5.18. The Morgan fingerprint density at radius 2 is 1.85 bits per heavy atom. The number of rotatable bonds is 6. The van der Waals surface area contributed by atoms with Gasteiger partial charge in [-0.25, -0.2) is 13.5 Å². The number of fused-ring (bicyclic) bond motifs is 1. The van der Waals surface area contributed by atoms with Gasteiger partial charge in [-0.15, -0.1) is 0 Å². The van der Waals surface area contributed by atoms with Crippen LogP contribution >= 0.6 is 23.2 Å². The van der Waals surface area contributed by atoms with Gasteiger partial charge in [0, 0.05) is 13.1 Å². The van der Waals surface area contributed by atoms with E-state index in [1.54, 1.807) is 12.1 Å². The predicted molar refractivity (Wildman–Crippen MR) is 102 cm³/mol. The minimum Gasteiger partial charge on any atom is -0.286 e. The van der Waals surface area contributed by atoms with Crippen molar-refractivity contribution in [3.05, 3.63) is 33.3 Å². The molecule has 0 aliphatic carbocycles. The van der Waals surface area contributed by atoms with Crippen molar-refractivity contribution >= 4 is 39.6 Å². The third-order valence-corrected chi connectivity index (χ3v) is 6.97. The Balaban J connectivity index is 2.20. The summed E-state index contributed by atoms with van der Waals surface area (Å²) >= 11 is 12.1. The second-order valence-corrected chi connectivity index (χ2v) is 10.6. The van der Waals surface area contributed by atoms with Crippen LogP contribution in [0.1, 0.15) is 38.3 Å². The molecule has 1 aromatic carbocycles. The molecule has 1 aromatic rings. The topological polar surface area (TPSA) is 77.9 Å². The first-order chi connectivity index (χ1) is 11.9. The number of amides is 1. The SMILES string of the molecule is CC(C)(C)CC(CS(=O)(=O)N1CCc2cc(Cl)c(Cl)cc2C1)N(O)C=O. The van der Waals surface area contributed by atoms with Crippen molar-refractivity contribution in [3.63, 3.8) is 0 Å². The van der Waals surface area contributed by atoms with Crippen molar-refractivity contribution in [2.24, 2.45) is 5.41 Å². The predicted octanol–water partition coefficient (Wildman–Crippen LogP) is 3.33. The van der Waals surface area contributed by atoms with Crippen LogP contribution in [0, 0.1) is 5.41 Å². The Morgan fingerprint density at radius 3 is 2.38 bits per heavy atom. The van der Waals surface area contributed by atoms with Gasteiger partial charge in [0.25, 0.3) is 0 Å². The van der Waals surface area contributed by atoms with Crippen molar-refractivity contribution in [2.75, 3.05) is 12.3 Å². The smallest absolute Gasteiger partial charge is 0.233 e. The molecule has 2 rings (SSSR count). The summed E-state index contributed by atoms with van der Waals surface area (Å²) in [6.45, 7) is 6.29. The van der Waals surface area contributed by atoms with Crippen LogP contribution in [0.4, 0.5) is 0 Å². The van der Waals surface area contributed by atoms with Crippen LogP contribution in [0.2, 0.25) is 10.0 Å². The molecule has 146 valence electrons. The average Bonchev–Trinajstić information content (AvgIpc) is 2.52. The molecule has 0 spiro atoms. The monoisotopic (exact) mass is 422 g/mol. The molecule has 1 aliphatic rings. The van der Waals surface area contributed by atoms with E-state index in [4.69, 9.17) is 23.2 Å².